The Kier molecular flexibility index (Phi) is 2.81. The molecule has 1 heterocycles. The second kappa shape index (κ2) is 4.72. The Morgan fingerprint density at radius 3 is 2.36 bits per heavy atom. The van der Waals surface area contributed by atoms with E-state index in [0.29, 0.717) is 0 Å². The highest BCUT2D eigenvalue weighted by Gasteiger charge is 2.19. The molecular formula is C20H18N2. The molecule has 22 heavy (non-hydrogen) atoms. The van der Waals surface area contributed by atoms with Gasteiger partial charge in [0.25, 0.3) is 0 Å². The molecule has 2 nitrogen and oxygen atoms in total. The van der Waals surface area contributed by atoms with Gasteiger partial charge in [0.1, 0.15) is 0 Å². The van der Waals surface area contributed by atoms with Crippen LogP contribution in [0.2, 0.25) is 0 Å². The van der Waals surface area contributed by atoms with Gasteiger partial charge in [0, 0.05) is 16.6 Å². The van der Waals surface area contributed by atoms with E-state index in [-0.39, 0.29) is 0 Å². The number of benzene rings is 2. The van der Waals surface area contributed by atoms with Gasteiger partial charge in [0.2, 0.25) is 0 Å². The van der Waals surface area contributed by atoms with Gasteiger partial charge in [0.05, 0.1) is 16.7 Å². The Bertz CT molecular complexity index is 896. The van der Waals surface area contributed by atoms with E-state index in [2.05, 4.69) is 77.4 Å². The van der Waals surface area contributed by atoms with Gasteiger partial charge in [0.15, 0.2) is 0 Å². The summed E-state index contributed by atoms with van der Waals surface area (Å²) in [4.78, 5) is 0. The van der Waals surface area contributed by atoms with Gasteiger partial charge >= 0.3 is 0 Å². The molecule has 4 rings (SSSR count). The van der Waals surface area contributed by atoms with Gasteiger partial charge < -0.3 is 10.3 Å². The first kappa shape index (κ1) is 13.1. The summed E-state index contributed by atoms with van der Waals surface area (Å²) >= 11 is 0. The Hall–Kier alpha value is -2.58. The number of fused-ring (bicyclic) bond motifs is 3. The fraction of sp³-hybridized carbons (Fsp3) is 0.100. The summed E-state index contributed by atoms with van der Waals surface area (Å²) in [6.07, 6.45) is 8.42. The first-order valence-corrected chi connectivity index (χ1v) is 7.52. The van der Waals surface area contributed by atoms with Crippen LogP contribution >= 0.6 is 0 Å². The molecule has 1 aliphatic rings. The minimum absolute atomic E-state index is 0.415. The van der Waals surface area contributed by atoms with Crippen LogP contribution < -0.4 is 5.73 Å². The molecule has 1 aromatic heterocycles. The zero-order valence-electron chi connectivity index (χ0n) is 12.5. The van der Waals surface area contributed by atoms with E-state index in [4.69, 9.17) is 5.73 Å². The largest absolute Gasteiger partial charge is 0.319 e. The van der Waals surface area contributed by atoms with Crippen molar-refractivity contribution in [1.29, 1.82) is 0 Å². The maximum absolute atomic E-state index is 6.27. The fourth-order valence-corrected chi connectivity index (χ4v) is 3.06. The maximum atomic E-state index is 6.27. The predicted octanol–water partition coefficient (Wildman–Crippen LogP) is 4.39. The van der Waals surface area contributed by atoms with Crippen LogP contribution in [0.5, 0.6) is 0 Å². The van der Waals surface area contributed by atoms with Crippen LogP contribution in [0.15, 0.2) is 66.7 Å². The number of nitrogens with zero attached hydrogens (tertiary/aromatic N) is 1. The van der Waals surface area contributed by atoms with Crippen molar-refractivity contribution in [2.75, 3.05) is 0 Å². The molecule has 0 saturated carbocycles. The number of hydrogen-bond donors (Lipinski definition) is 1. The Morgan fingerprint density at radius 1 is 0.864 bits per heavy atom. The van der Waals surface area contributed by atoms with Crippen LogP contribution in [-0.4, -0.2) is 10.1 Å². The molecule has 0 fully saturated rings. The number of aromatic nitrogens is 1. The van der Waals surface area contributed by atoms with E-state index in [0.717, 1.165) is 0 Å². The lowest BCUT2D eigenvalue weighted by atomic mass is 10.0. The van der Waals surface area contributed by atoms with E-state index >= 15 is 0 Å². The third-order valence-electron chi connectivity index (χ3n) is 4.18. The molecule has 108 valence electrons. The predicted molar refractivity (Wildman–Crippen MR) is 93.9 cm³/mol. The van der Waals surface area contributed by atoms with E-state index in [1.165, 1.54) is 27.8 Å². The number of para-hydroxylation sites is 2. The van der Waals surface area contributed by atoms with E-state index in [9.17, 15) is 0 Å². The molecule has 1 atom stereocenters. The summed E-state index contributed by atoms with van der Waals surface area (Å²) in [6.45, 7) is 2.01. The van der Waals surface area contributed by atoms with Crippen LogP contribution in [0.1, 0.15) is 18.2 Å². The first-order valence-electron chi connectivity index (χ1n) is 7.52. The second-order valence-electron chi connectivity index (χ2n) is 6.02. The lowest BCUT2D eigenvalue weighted by Gasteiger charge is -2.13. The number of rotatable bonds is 1. The molecule has 2 aromatic carbocycles. The van der Waals surface area contributed by atoms with Crippen LogP contribution in [0.3, 0.4) is 0 Å². The van der Waals surface area contributed by atoms with Gasteiger partial charge in [-0.05, 0) is 31.2 Å². The van der Waals surface area contributed by atoms with Crippen LogP contribution in [0, 0.1) is 0 Å². The molecule has 0 spiro atoms. The molecule has 2 N–H and O–H groups in total. The lowest BCUT2D eigenvalue weighted by molar-refractivity contribution is 0.743. The Labute approximate surface area is 130 Å². The second-order valence-corrected chi connectivity index (χ2v) is 6.02. The summed E-state index contributed by atoms with van der Waals surface area (Å²) in [5.74, 6) is 0. The summed E-state index contributed by atoms with van der Waals surface area (Å²) in [5.41, 5.74) is 10.6. The van der Waals surface area contributed by atoms with Crippen molar-refractivity contribution in [3.63, 3.8) is 0 Å². The van der Waals surface area contributed by atoms with Crippen molar-refractivity contribution >= 4 is 23.1 Å². The van der Waals surface area contributed by atoms with Crippen molar-refractivity contribution in [1.82, 2.24) is 4.57 Å². The first-order chi connectivity index (χ1) is 10.7. The average Bonchev–Trinajstić information content (AvgIpc) is 2.76. The van der Waals surface area contributed by atoms with Gasteiger partial charge in [-0.3, -0.25) is 0 Å². The Morgan fingerprint density at radius 2 is 1.55 bits per heavy atom. The molecule has 0 aliphatic heterocycles. The molecule has 0 bridgehead atoms. The highest BCUT2D eigenvalue weighted by atomic mass is 15.0. The van der Waals surface area contributed by atoms with Gasteiger partial charge in [-0.25, -0.2) is 0 Å². The fourth-order valence-electron chi connectivity index (χ4n) is 3.06. The molecule has 2 heteroatoms. The molecule has 0 radical (unpaired) electrons. The van der Waals surface area contributed by atoms with Gasteiger partial charge in [-0.15, -0.1) is 0 Å². The number of hydrogen-bond acceptors (Lipinski definition) is 1. The van der Waals surface area contributed by atoms with Crippen LogP contribution in [0.4, 0.5) is 0 Å². The van der Waals surface area contributed by atoms with Crippen LogP contribution in [0.25, 0.3) is 28.7 Å². The third-order valence-corrected chi connectivity index (χ3v) is 4.18. The Balaban J connectivity index is 2.10. The number of nitrogens with two attached hydrogens (primary N) is 1. The highest BCUT2D eigenvalue weighted by Crippen LogP contribution is 2.33. The van der Waals surface area contributed by atoms with Crippen molar-refractivity contribution in [2.24, 2.45) is 5.73 Å². The highest BCUT2D eigenvalue weighted by molar-refractivity contribution is 5.96. The van der Waals surface area contributed by atoms with Crippen molar-refractivity contribution in [2.45, 2.75) is 12.5 Å². The maximum Gasteiger partial charge on any atom is 0.0541 e. The average molecular weight is 286 g/mol. The molecule has 3 aromatic rings. The third kappa shape index (κ3) is 2.00. The summed E-state index contributed by atoms with van der Waals surface area (Å²) in [7, 11) is 0. The smallest absolute Gasteiger partial charge is 0.0541 e. The van der Waals surface area contributed by atoms with Gasteiger partial charge in [-0.1, -0.05) is 54.6 Å². The van der Waals surface area contributed by atoms with Crippen molar-refractivity contribution in [3.05, 3.63) is 78.0 Å². The minimum atomic E-state index is -0.415. The summed E-state index contributed by atoms with van der Waals surface area (Å²) < 4.78 is 2.30. The van der Waals surface area contributed by atoms with Crippen LogP contribution in [-0.2, 0) is 0 Å². The monoisotopic (exact) mass is 286 g/mol. The minimum Gasteiger partial charge on any atom is -0.319 e. The van der Waals surface area contributed by atoms with E-state index in [1.807, 2.05) is 13.0 Å². The zero-order chi connectivity index (χ0) is 15.2. The molecular weight excluding hydrogens is 268 g/mol. The molecule has 0 saturated heterocycles. The van der Waals surface area contributed by atoms with Crippen molar-refractivity contribution in [3.8, 4) is 5.69 Å². The van der Waals surface area contributed by atoms with E-state index in [1.54, 1.807) is 0 Å². The standard InChI is InChI=1S/C20H18N2/c1-20(21)13-11-17-16-9-5-6-10-18(16)22(19(17)12-14-20)15-7-3-2-4-8-15/h2-14H,21H2,1H3. The SMILES string of the molecule is CC1(N)C=Cc2c(n(-c3ccccc3)c3ccccc23)C=C1. The molecule has 1 unspecified atom stereocenters. The molecule has 1 aliphatic carbocycles. The van der Waals surface area contributed by atoms with E-state index < -0.39 is 5.54 Å². The topological polar surface area (TPSA) is 30.9 Å². The normalized spacial score (nSPS) is 20.1. The molecule has 0 amide bonds. The zero-order valence-corrected chi connectivity index (χ0v) is 12.5. The summed E-state index contributed by atoms with van der Waals surface area (Å²) in [5, 5.41) is 1.25. The quantitative estimate of drug-likeness (QED) is 0.706. The summed E-state index contributed by atoms with van der Waals surface area (Å²) in [6, 6.07) is 19.0. The van der Waals surface area contributed by atoms with Gasteiger partial charge in [-0.2, -0.15) is 0 Å². The lowest BCUT2D eigenvalue weighted by Crippen LogP contribution is -2.30. The van der Waals surface area contributed by atoms with Crippen molar-refractivity contribution < 1.29 is 0 Å².